The first-order chi connectivity index (χ1) is 17.9. The predicted octanol–water partition coefficient (Wildman–Crippen LogP) is 4.69. The van der Waals surface area contributed by atoms with Gasteiger partial charge >= 0.3 is 5.97 Å². The van der Waals surface area contributed by atoms with Crippen molar-refractivity contribution in [1.82, 2.24) is 10.2 Å². The van der Waals surface area contributed by atoms with Crippen molar-refractivity contribution in [2.75, 3.05) is 21.3 Å². The fourth-order valence-corrected chi connectivity index (χ4v) is 5.18. The maximum absolute atomic E-state index is 13.2. The van der Waals surface area contributed by atoms with E-state index in [1.54, 1.807) is 32.4 Å². The number of thioether (sulfide) groups is 1. The molecule has 1 unspecified atom stereocenters. The number of carbonyl (C=O) groups excluding carboxylic acids is 2. The van der Waals surface area contributed by atoms with Gasteiger partial charge in [0.2, 0.25) is 5.91 Å². The zero-order valence-electron chi connectivity index (χ0n) is 21.0. The van der Waals surface area contributed by atoms with Gasteiger partial charge in [-0.3, -0.25) is 4.79 Å². The van der Waals surface area contributed by atoms with E-state index in [-0.39, 0.29) is 24.7 Å². The molecule has 0 bridgehead atoms. The summed E-state index contributed by atoms with van der Waals surface area (Å²) in [5.41, 5.74) is 3.21. The number of halogens is 1. The van der Waals surface area contributed by atoms with E-state index in [2.05, 4.69) is 5.32 Å². The molecule has 2 aliphatic heterocycles. The van der Waals surface area contributed by atoms with Crippen LogP contribution < -0.4 is 14.8 Å². The summed E-state index contributed by atoms with van der Waals surface area (Å²) in [6.45, 7) is 2.20. The van der Waals surface area contributed by atoms with Crippen LogP contribution in [-0.2, 0) is 20.9 Å². The second kappa shape index (κ2) is 11.5. The highest BCUT2D eigenvalue weighted by molar-refractivity contribution is 8.16. The normalized spacial score (nSPS) is 16.6. The summed E-state index contributed by atoms with van der Waals surface area (Å²) in [5.74, 6) is 0.0826. The van der Waals surface area contributed by atoms with Gasteiger partial charge < -0.3 is 24.4 Å². The van der Waals surface area contributed by atoms with Crippen molar-refractivity contribution < 1.29 is 28.2 Å². The van der Waals surface area contributed by atoms with E-state index in [1.165, 1.54) is 31.0 Å². The van der Waals surface area contributed by atoms with E-state index in [9.17, 15) is 14.0 Å². The highest BCUT2D eigenvalue weighted by Crippen LogP contribution is 2.46. The number of allylic oxidation sites excluding steroid dienone is 1. The van der Waals surface area contributed by atoms with E-state index in [0.29, 0.717) is 40.1 Å². The lowest BCUT2D eigenvalue weighted by molar-refractivity contribution is -0.136. The molecule has 2 aromatic carbocycles. The van der Waals surface area contributed by atoms with Gasteiger partial charge in [0, 0.05) is 18.3 Å². The number of nitrogens with zero attached hydrogens (tertiary/aromatic N) is 2. The van der Waals surface area contributed by atoms with Gasteiger partial charge in [0.1, 0.15) is 17.3 Å². The van der Waals surface area contributed by atoms with Gasteiger partial charge in [0.15, 0.2) is 5.17 Å². The molecule has 0 saturated heterocycles. The van der Waals surface area contributed by atoms with E-state index >= 15 is 0 Å². The molecule has 194 valence electrons. The number of methoxy groups -OCH3 is 3. The van der Waals surface area contributed by atoms with Crippen molar-refractivity contribution in [1.29, 1.82) is 0 Å². The molecule has 10 heteroatoms. The highest BCUT2D eigenvalue weighted by Gasteiger charge is 2.41. The topological polar surface area (TPSA) is 89.5 Å². The Balaban J connectivity index is 1.67. The van der Waals surface area contributed by atoms with Crippen LogP contribution in [0, 0.1) is 5.82 Å². The Morgan fingerprint density at radius 1 is 1.08 bits per heavy atom. The van der Waals surface area contributed by atoms with Crippen LogP contribution >= 0.6 is 11.8 Å². The van der Waals surface area contributed by atoms with Crippen molar-refractivity contribution in [2.45, 2.75) is 32.4 Å². The lowest BCUT2D eigenvalue weighted by Crippen LogP contribution is -2.38. The van der Waals surface area contributed by atoms with Crippen LogP contribution in [0.4, 0.5) is 4.39 Å². The summed E-state index contributed by atoms with van der Waals surface area (Å²) < 4.78 is 29.3. The smallest absolute Gasteiger partial charge is 0.338 e. The number of nitrogens with one attached hydrogen (secondary N) is 1. The zero-order valence-corrected chi connectivity index (χ0v) is 21.9. The van der Waals surface area contributed by atoms with E-state index in [0.717, 1.165) is 11.1 Å². The molecular formula is C27H28FN3O5S. The van der Waals surface area contributed by atoms with Gasteiger partial charge in [-0.15, -0.1) is 0 Å². The van der Waals surface area contributed by atoms with Crippen LogP contribution in [0.15, 0.2) is 69.8 Å². The molecule has 37 heavy (non-hydrogen) atoms. The summed E-state index contributed by atoms with van der Waals surface area (Å²) >= 11 is 1.39. The molecule has 1 atom stereocenters. The summed E-state index contributed by atoms with van der Waals surface area (Å²) in [7, 11) is 4.45. The first-order valence-electron chi connectivity index (χ1n) is 11.7. The van der Waals surface area contributed by atoms with Crippen molar-refractivity contribution in [2.24, 2.45) is 4.99 Å². The van der Waals surface area contributed by atoms with Crippen LogP contribution in [0.25, 0.3) is 0 Å². The van der Waals surface area contributed by atoms with Crippen LogP contribution in [0.5, 0.6) is 11.5 Å². The van der Waals surface area contributed by atoms with Crippen molar-refractivity contribution in [3.63, 3.8) is 0 Å². The van der Waals surface area contributed by atoms with Gasteiger partial charge in [0.25, 0.3) is 0 Å². The number of rotatable bonds is 9. The van der Waals surface area contributed by atoms with Crippen molar-refractivity contribution >= 4 is 28.8 Å². The minimum absolute atomic E-state index is 0.0563. The molecule has 0 saturated carbocycles. The minimum Gasteiger partial charge on any atom is -0.497 e. The van der Waals surface area contributed by atoms with Gasteiger partial charge in [-0.2, -0.15) is 0 Å². The largest absolute Gasteiger partial charge is 0.497 e. The molecule has 0 spiro atoms. The fraction of sp³-hybridized carbons (Fsp3) is 0.296. The molecule has 2 aromatic rings. The van der Waals surface area contributed by atoms with Crippen LogP contribution in [0.2, 0.25) is 0 Å². The third kappa shape index (κ3) is 5.64. The quantitative estimate of drug-likeness (QED) is 0.475. The first-order valence-corrected chi connectivity index (χ1v) is 12.6. The molecule has 8 nitrogen and oxygen atoms in total. The monoisotopic (exact) mass is 525 g/mol. The number of benzene rings is 2. The van der Waals surface area contributed by atoms with Gasteiger partial charge in [0.05, 0.1) is 45.1 Å². The average Bonchev–Trinajstić information content (AvgIpc) is 3.32. The van der Waals surface area contributed by atoms with E-state index in [4.69, 9.17) is 19.2 Å². The Labute approximate surface area is 219 Å². The molecule has 0 aromatic heterocycles. The molecule has 1 amide bonds. The number of hydrogen-bond donors (Lipinski definition) is 1. The maximum Gasteiger partial charge on any atom is 0.338 e. The lowest BCUT2D eigenvalue weighted by atomic mass is 9.92. The molecular weight excluding hydrogens is 497 g/mol. The zero-order chi connectivity index (χ0) is 26.5. The third-order valence-electron chi connectivity index (χ3n) is 6.06. The minimum atomic E-state index is -0.606. The summed E-state index contributed by atoms with van der Waals surface area (Å²) in [6, 6.07) is 10.8. The summed E-state index contributed by atoms with van der Waals surface area (Å²) in [5, 5.41) is 5.41. The number of aliphatic imine (C=N–C) groups is 1. The number of carbonyl (C=O) groups is 2. The number of amides is 1. The fourth-order valence-electron chi connectivity index (χ4n) is 4.24. The molecule has 4 rings (SSSR count). The molecule has 2 aliphatic rings. The number of amidine groups is 1. The van der Waals surface area contributed by atoms with Gasteiger partial charge in [-0.1, -0.05) is 30.8 Å². The Morgan fingerprint density at radius 3 is 2.35 bits per heavy atom. The van der Waals surface area contributed by atoms with Crippen LogP contribution in [0.3, 0.4) is 0 Å². The summed E-state index contributed by atoms with van der Waals surface area (Å²) in [4.78, 5) is 32.6. The Bertz CT molecular complexity index is 1270. The van der Waals surface area contributed by atoms with E-state index in [1.807, 2.05) is 29.4 Å². The predicted molar refractivity (Wildman–Crippen MR) is 139 cm³/mol. The van der Waals surface area contributed by atoms with E-state index < -0.39 is 12.0 Å². The van der Waals surface area contributed by atoms with Gasteiger partial charge in [-0.25, -0.2) is 14.2 Å². The maximum atomic E-state index is 13.2. The molecule has 0 fully saturated rings. The van der Waals surface area contributed by atoms with Crippen LogP contribution in [0.1, 0.15) is 36.9 Å². The van der Waals surface area contributed by atoms with Gasteiger partial charge in [-0.05, 0) is 47.2 Å². The average molecular weight is 526 g/mol. The number of hydrogen-bond acceptors (Lipinski definition) is 8. The molecule has 2 heterocycles. The Kier molecular flexibility index (Phi) is 8.17. The second-order valence-corrected chi connectivity index (χ2v) is 9.16. The third-order valence-corrected chi connectivity index (χ3v) is 6.95. The summed E-state index contributed by atoms with van der Waals surface area (Å²) in [6.07, 6.45) is 0.578. The van der Waals surface area contributed by atoms with Crippen LogP contribution in [-0.4, -0.2) is 43.3 Å². The Morgan fingerprint density at radius 2 is 1.76 bits per heavy atom. The number of ether oxygens (including phenoxy) is 3. The van der Waals surface area contributed by atoms with Crippen molar-refractivity contribution in [3.8, 4) is 11.5 Å². The second-order valence-electron chi connectivity index (χ2n) is 8.33. The molecule has 0 aliphatic carbocycles. The standard InChI is InChI=1S/C27H28FN3O5S/c1-5-22-24(26(33)36-4)25(17-10-20(34-2)13-21(11-17)35-3)31-19(15-37-27(31)30-22)12-23(32)29-14-16-6-8-18(28)9-7-16/h6-11,13,15,25H,5,12,14H2,1-4H3,(H,29,32). The first kappa shape index (κ1) is 26.3. The molecule has 1 N–H and O–H groups in total. The number of esters is 1. The molecule has 0 radical (unpaired) electrons. The lowest BCUT2D eigenvalue weighted by Gasteiger charge is -2.36. The SMILES string of the molecule is CCC1=C(C(=O)OC)C(c2cc(OC)cc(OC)c2)N2C(CC(=O)NCc3ccc(F)cc3)=CSC2=N1. The van der Waals surface area contributed by atoms with Crippen molar-refractivity contribution in [3.05, 3.63) is 81.8 Å². The highest BCUT2D eigenvalue weighted by atomic mass is 32.2. The Hall–Kier alpha value is -3.79. The number of fused-ring (bicyclic) bond motifs is 1.